The molecule has 1 aromatic heterocycles. The van der Waals surface area contributed by atoms with E-state index in [-0.39, 0.29) is 5.28 Å². The summed E-state index contributed by atoms with van der Waals surface area (Å²) in [4.78, 5) is 9.04. The van der Waals surface area contributed by atoms with Gasteiger partial charge in [0.25, 0.3) is 0 Å². The van der Waals surface area contributed by atoms with Crippen LogP contribution >= 0.6 is 39.3 Å². The number of hydrogen-bond donors (Lipinski definition) is 0. The van der Waals surface area contributed by atoms with Gasteiger partial charge in [0.15, 0.2) is 0 Å². The predicted octanol–water partition coefficient (Wildman–Crippen LogP) is 4.04. The lowest BCUT2D eigenvalue weighted by atomic mass is 10.4. The van der Waals surface area contributed by atoms with Crippen molar-refractivity contribution < 1.29 is 0 Å². The van der Waals surface area contributed by atoms with Crippen LogP contribution in [0.3, 0.4) is 0 Å². The fraction of sp³-hybridized carbons (Fsp3) is 0. The van der Waals surface area contributed by atoms with Gasteiger partial charge in [-0.25, -0.2) is 9.97 Å². The maximum atomic E-state index is 5.69. The summed E-state index contributed by atoms with van der Waals surface area (Å²) in [6, 6.07) is 9.85. The molecule has 0 unspecified atom stereocenters. The van der Waals surface area contributed by atoms with E-state index < -0.39 is 0 Å². The third kappa shape index (κ3) is 3.19. The van der Waals surface area contributed by atoms with E-state index in [1.54, 1.807) is 18.0 Å². The first-order chi connectivity index (χ1) is 7.24. The molecule has 2 aromatic rings. The quantitative estimate of drug-likeness (QED) is 0.618. The minimum atomic E-state index is 0.275. The minimum absolute atomic E-state index is 0.275. The normalized spacial score (nSPS) is 10.3. The molecule has 2 nitrogen and oxygen atoms in total. The zero-order chi connectivity index (χ0) is 10.7. The Labute approximate surface area is 105 Å². The Morgan fingerprint density at radius 1 is 1.13 bits per heavy atom. The summed E-state index contributed by atoms with van der Waals surface area (Å²) in [5.41, 5.74) is 0. The van der Waals surface area contributed by atoms with E-state index in [0.717, 1.165) is 14.4 Å². The first-order valence-corrected chi connectivity index (χ1v) is 6.15. The van der Waals surface area contributed by atoms with E-state index >= 15 is 0 Å². The van der Waals surface area contributed by atoms with Crippen molar-refractivity contribution in [3.63, 3.8) is 0 Å². The van der Waals surface area contributed by atoms with Crippen LogP contribution in [-0.2, 0) is 0 Å². The van der Waals surface area contributed by atoms with Gasteiger partial charge in [-0.15, -0.1) is 0 Å². The maximum Gasteiger partial charge on any atom is 0.223 e. The van der Waals surface area contributed by atoms with Crippen molar-refractivity contribution in [1.82, 2.24) is 9.97 Å². The monoisotopic (exact) mass is 300 g/mol. The molecular formula is C10H6BrClN2S. The summed E-state index contributed by atoms with van der Waals surface area (Å²) in [6.45, 7) is 0. The van der Waals surface area contributed by atoms with Gasteiger partial charge in [0.2, 0.25) is 5.28 Å². The maximum absolute atomic E-state index is 5.69. The lowest BCUT2D eigenvalue weighted by Gasteiger charge is -2.00. The second-order valence-electron chi connectivity index (χ2n) is 2.72. The van der Waals surface area contributed by atoms with Crippen molar-refractivity contribution in [2.75, 3.05) is 0 Å². The summed E-state index contributed by atoms with van der Waals surface area (Å²) in [5.74, 6) is 0. The Kier molecular flexibility index (Phi) is 3.61. The predicted molar refractivity (Wildman–Crippen MR) is 65.3 cm³/mol. The van der Waals surface area contributed by atoms with E-state index in [0.29, 0.717) is 0 Å². The number of aromatic nitrogens is 2. The van der Waals surface area contributed by atoms with Gasteiger partial charge in [0, 0.05) is 15.6 Å². The van der Waals surface area contributed by atoms with E-state index in [9.17, 15) is 0 Å². The molecule has 0 amide bonds. The van der Waals surface area contributed by atoms with Crippen LogP contribution in [0.4, 0.5) is 0 Å². The molecule has 0 aliphatic heterocycles. The van der Waals surface area contributed by atoms with Crippen LogP contribution in [0.2, 0.25) is 5.28 Å². The van der Waals surface area contributed by atoms with Gasteiger partial charge in [-0.3, -0.25) is 0 Å². The number of halogens is 2. The van der Waals surface area contributed by atoms with Crippen molar-refractivity contribution in [2.24, 2.45) is 0 Å². The van der Waals surface area contributed by atoms with E-state index in [4.69, 9.17) is 11.6 Å². The average Bonchev–Trinajstić information content (AvgIpc) is 2.22. The van der Waals surface area contributed by atoms with Crippen LogP contribution in [0.15, 0.2) is 50.9 Å². The fourth-order valence-corrected chi connectivity index (χ4v) is 2.24. The minimum Gasteiger partial charge on any atom is -0.226 e. The molecule has 0 fully saturated rings. The number of nitrogens with zero attached hydrogens (tertiary/aromatic N) is 2. The Morgan fingerprint density at radius 2 is 1.87 bits per heavy atom. The second-order valence-corrected chi connectivity index (χ2v) is 5.07. The zero-order valence-electron chi connectivity index (χ0n) is 7.52. The highest BCUT2D eigenvalue weighted by Gasteiger charge is 1.99. The average molecular weight is 302 g/mol. The van der Waals surface area contributed by atoms with Crippen molar-refractivity contribution >= 4 is 39.3 Å². The smallest absolute Gasteiger partial charge is 0.223 e. The van der Waals surface area contributed by atoms with Crippen LogP contribution in [0.5, 0.6) is 0 Å². The molecule has 0 radical (unpaired) electrons. The molecule has 0 aliphatic rings. The van der Waals surface area contributed by atoms with Gasteiger partial charge in [0.05, 0.1) is 0 Å². The lowest BCUT2D eigenvalue weighted by Crippen LogP contribution is -1.83. The topological polar surface area (TPSA) is 25.8 Å². The molecule has 0 saturated carbocycles. The molecular weight excluding hydrogens is 296 g/mol. The number of benzene rings is 1. The van der Waals surface area contributed by atoms with Gasteiger partial charge in [-0.1, -0.05) is 27.7 Å². The molecule has 5 heteroatoms. The van der Waals surface area contributed by atoms with Gasteiger partial charge < -0.3 is 0 Å². The highest BCUT2D eigenvalue weighted by atomic mass is 79.9. The fourth-order valence-electron chi connectivity index (χ4n) is 1.000. The number of hydrogen-bond acceptors (Lipinski definition) is 3. The number of rotatable bonds is 2. The summed E-state index contributed by atoms with van der Waals surface area (Å²) >= 11 is 10.6. The van der Waals surface area contributed by atoms with Crippen molar-refractivity contribution in [2.45, 2.75) is 9.92 Å². The van der Waals surface area contributed by atoms with Gasteiger partial charge in [-0.2, -0.15) is 0 Å². The van der Waals surface area contributed by atoms with Crippen LogP contribution in [0.25, 0.3) is 0 Å². The molecule has 0 aliphatic carbocycles. The SMILES string of the molecule is Clc1nccc(Sc2ccc(Br)cc2)n1. The third-order valence-electron chi connectivity index (χ3n) is 1.64. The molecule has 15 heavy (non-hydrogen) atoms. The highest BCUT2D eigenvalue weighted by molar-refractivity contribution is 9.10. The van der Waals surface area contributed by atoms with Crippen LogP contribution in [0.1, 0.15) is 0 Å². The van der Waals surface area contributed by atoms with Crippen LogP contribution in [0, 0.1) is 0 Å². The van der Waals surface area contributed by atoms with E-state index in [1.807, 2.05) is 30.3 Å². The molecule has 0 saturated heterocycles. The first kappa shape index (κ1) is 10.9. The second kappa shape index (κ2) is 4.96. The molecule has 0 atom stereocenters. The lowest BCUT2D eigenvalue weighted by molar-refractivity contribution is 1.05. The van der Waals surface area contributed by atoms with Crippen molar-refractivity contribution in [1.29, 1.82) is 0 Å². The van der Waals surface area contributed by atoms with Crippen molar-refractivity contribution in [3.05, 3.63) is 46.3 Å². The van der Waals surface area contributed by atoms with E-state index in [1.165, 1.54) is 0 Å². The Hall–Kier alpha value is -0.580. The Bertz CT molecular complexity index is 461. The summed E-state index contributed by atoms with van der Waals surface area (Å²) in [5, 5.41) is 1.12. The van der Waals surface area contributed by atoms with Gasteiger partial charge in [-0.05, 0) is 41.9 Å². The summed E-state index contributed by atoms with van der Waals surface area (Å²) in [7, 11) is 0. The third-order valence-corrected chi connectivity index (χ3v) is 3.29. The molecule has 0 N–H and O–H groups in total. The van der Waals surface area contributed by atoms with E-state index in [2.05, 4.69) is 25.9 Å². The zero-order valence-corrected chi connectivity index (χ0v) is 10.7. The molecule has 0 spiro atoms. The largest absolute Gasteiger partial charge is 0.226 e. The molecule has 1 aromatic carbocycles. The molecule has 1 heterocycles. The van der Waals surface area contributed by atoms with Crippen molar-refractivity contribution in [3.8, 4) is 0 Å². The molecule has 2 rings (SSSR count). The van der Waals surface area contributed by atoms with Gasteiger partial charge in [0.1, 0.15) is 5.03 Å². The summed E-state index contributed by atoms with van der Waals surface area (Å²) < 4.78 is 1.06. The Balaban J connectivity index is 2.18. The summed E-state index contributed by atoms with van der Waals surface area (Å²) in [6.07, 6.45) is 1.65. The highest BCUT2D eigenvalue weighted by Crippen LogP contribution is 2.27. The van der Waals surface area contributed by atoms with Crippen LogP contribution in [-0.4, -0.2) is 9.97 Å². The van der Waals surface area contributed by atoms with Crippen LogP contribution < -0.4 is 0 Å². The van der Waals surface area contributed by atoms with Gasteiger partial charge >= 0.3 is 0 Å². The standard InChI is InChI=1S/C10H6BrClN2S/c11-7-1-3-8(4-2-7)15-9-5-6-13-10(12)14-9/h1-6H. The molecule has 0 bridgehead atoms. The molecule has 76 valence electrons. The Morgan fingerprint density at radius 3 is 2.53 bits per heavy atom. The first-order valence-electron chi connectivity index (χ1n) is 4.16.